The Morgan fingerprint density at radius 1 is 0.306 bits per heavy atom. The van der Waals surface area contributed by atoms with Crippen LogP contribution in [0.4, 0.5) is 0 Å². The maximum absolute atomic E-state index is 12.7. The van der Waals surface area contributed by atoms with Gasteiger partial charge in [0.25, 0.3) is 0 Å². The summed E-state index contributed by atoms with van der Waals surface area (Å²) in [6.45, 7) is 14.0. The van der Waals surface area contributed by atoms with Gasteiger partial charge in [-0.2, -0.15) is 0 Å². The fourth-order valence-corrected chi connectivity index (χ4v) is 10.0. The van der Waals surface area contributed by atoms with Crippen molar-refractivity contribution in [1.29, 1.82) is 0 Å². The van der Waals surface area contributed by atoms with Crippen molar-refractivity contribution < 1.29 is 28.7 Å². The smallest absolute Gasteiger partial charge is 0.305 e. The van der Waals surface area contributed by atoms with E-state index in [-0.39, 0.29) is 23.8 Å². The van der Waals surface area contributed by atoms with E-state index < -0.39 is 0 Å². The molecule has 0 aromatic heterocycles. The van der Waals surface area contributed by atoms with Crippen molar-refractivity contribution in [3.05, 3.63) is 0 Å². The standard InChI is InChI=1S/C63H123N3O6/c1-8-12-16-20-24-34-46-58(44-32-18-14-10-3)56-71-62(69)50-38-30-42-54-65(6)60(67)48-36-26-22-28-40-52-64(5)53-41-29-23-27-37-49-61(68)66(7)55-43-31-39-51-63(70)72-57-59(45-33-19-15-11-4)47-35-25-21-17-13-9-2/h58-59H,8-57H2,1-7H3. The van der Waals surface area contributed by atoms with Gasteiger partial charge in [0.1, 0.15) is 0 Å². The normalized spacial score (nSPS) is 12.3. The van der Waals surface area contributed by atoms with E-state index in [1.165, 1.54) is 193 Å². The third kappa shape index (κ3) is 47.5. The molecule has 0 radical (unpaired) electrons. The van der Waals surface area contributed by atoms with Crippen LogP contribution < -0.4 is 0 Å². The molecule has 2 atom stereocenters. The average molecular weight is 1020 g/mol. The summed E-state index contributed by atoms with van der Waals surface area (Å²) < 4.78 is 11.5. The molecule has 0 N–H and O–H groups in total. The second-order valence-corrected chi connectivity index (χ2v) is 22.5. The lowest BCUT2D eigenvalue weighted by atomic mass is 9.95. The Kier molecular flexibility index (Phi) is 52.0. The molecule has 2 unspecified atom stereocenters. The highest BCUT2D eigenvalue weighted by Crippen LogP contribution is 2.22. The van der Waals surface area contributed by atoms with Gasteiger partial charge in [-0.1, -0.05) is 207 Å². The van der Waals surface area contributed by atoms with E-state index in [9.17, 15) is 19.2 Å². The van der Waals surface area contributed by atoms with Crippen LogP contribution in [-0.2, 0) is 28.7 Å². The van der Waals surface area contributed by atoms with Gasteiger partial charge in [-0.05, 0) is 109 Å². The van der Waals surface area contributed by atoms with Crippen molar-refractivity contribution in [1.82, 2.24) is 14.7 Å². The molecule has 9 heteroatoms. The predicted octanol–water partition coefficient (Wildman–Crippen LogP) is 17.4. The maximum atomic E-state index is 12.7. The van der Waals surface area contributed by atoms with Crippen LogP contribution in [0, 0.1) is 11.8 Å². The molecule has 0 rings (SSSR count). The summed E-state index contributed by atoms with van der Waals surface area (Å²) in [5.41, 5.74) is 0. The molecule has 0 saturated carbocycles. The highest BCUT2D eigenvalue weighted by Gasteiger charge is 2.15. The third-order valence-corrected chi connectivity index (χ3v) is 15.3. The lowest BCUT2D eigenvalue weighted by molar-refractivity contribution is -0.146. The Hall–Kier alpha value is -2.16. The number of amides is 2. The predicted molar refractivity (Wildman–Crippen MR) is 308 cm³/mol. The number of ether oxygens (including phenoxy) is 2. The van der Waals surface area contributed by atoms with Gasteiger partial charge in [-0.15, -0.1) is 0 Å². The van der Waals surface area contributed by atoms with Crippen molar-refractivity contribution >= 4 is 23.8 Å². The molecule has 0 bridgehead atoms. The zero-order valence-corrected chi connectivity index (χ0v) is 49.3. The first kappa shape index (κ1) is 69.8. The van der Waals surface area contributed by atoms with Gasteiger partial charge in [0.2, 0.25) is 11.8 Å². The fraction of sp³-hybridized carbons (Fsp3) is 0.937. The molecule has 2 amide bonds. The molecule has 9 nitrogen and oxygen atoms in total. The molecular weight excluding hydrogens is 895 g/mol. The Labute approximate surface area is 448 Å². The summed E-state index contributed by atoms with van der Waals surface area (Å²) in [6, 6.07) is 0. The SMILES string of the molecule is CCCCCCCCC(CCCCCC)COC(=O)CCCCCN(C)C(=O)CCCCCCCN(C)CCCCCCCC(=O)N(C)CCCCCC(=O)OCC(CCCCCC)CCCCCCCC. The van der Waals surface area contributed by atoms with Gasteiger partial charge >= 0.3 is 11.9 Å². The van der Waals surface area contributed by atoms with Crippen molar-refractivity contribution in [2.75, 3.05) is 60.5 Å². The highest BCUT2D eigenvalue weighted by atomic mass is 16.5. The van der Waals surface area contributed by atoms with Crippen molar-refractivity contribution in [2.45, 2.75) is 310 Å². The first-order valence-electron chi connectivity index (χ1n) is 31.5. The Morgan fingerprint density at radius 3 is 0.903 bits per heavy atom. The number of hydrogen-bond donors (Lipinski definition) is 0. The molecule has 426 valence electrons. The van der Waals surface area contributed by atoms with Crippen LogP contribution in [0.15, 0.2) is 0 Å². The second kappa shape index (κ2) is 53.7. The minimum Gasteiger partial charge on any atom is -0.465 e. The molecule has 0 spiro atoms. The molecule has 0 aromatic rings. The monoisotopic (exact) mass is 1020 g/mol. The van der Waals surface area contributed by atoms with Crippen LogP contribution in [-0.4, -0.2) is 99.0 Å². The Bertz CT molecular complexity index is 1130. The molecule has 0 saturated heterocycles. The zero-order valence-electron chi connectivity index (χ0n) is 49.3. The zero-order chi connectivity index (χ0) is 53.0. The lowest BCUT2D eigenvalue weighted by Gasteiger charge is -2.18. The first-order valence-corrected chi connectivity index (χ1v) is 31.5. The fourth-order valence-electron chi connectivity index (χ4n) is 10.0. The number of rotatable bonds is 56. The molecule has 0 aliphatic rings. The van der Waals surface area contributed by atoms with Crippen molar-refractivity contribution in [3.8, 4) is 0 Å². The van der Waals surface area contributed by atoms with Crippen LogP contribution in [0.5, 0.6) is 0 Å². The van der Waals surface area contributed by atoms with Gasteiger partial charge in [0, 0.05) is 52.9 Å². The molecule has 0 fully saturated rings. The Balaban J connectivity index is 3.88. The number of unbranched alkanes of at least 4 members (excludes halogenated alkanes) is 28. The summed E-state index contributed by atoms with van der Waals surface area (Å²) >= 11 is 0. The molecule has 0 heterocycles. The van der Waals surface area contributed by atoms with E-state index in [0.717, 1.165) is 90.4 Å². The number of carbonyl (C=O) groups is 4. The van der Waals surface area contributed by atoms with E-state index in [1.54, 1.807) is 0 Å². The first-order chi connectivity index (χ1) is 35.1. The molecule has 0 aliphatic heterocycles. The lowest BCUT2D eigenvalue weighted by Crippen LogP contribution is -2.27. The van der Waals surface area contributed by atoms with Crippen molar-refractivity contribution in [2.24, 2.45) is 11.8 Å². The minimum absolute atomic E-state index is 0.0501. The number of hydrogen-bond acceptors (Lipinski definition) is 7. The molecule has 72 heavy (non-hydrogen) atoms. The maximum Gasteiger partial charge on any atom is 0.305 e. The average Bonchev–Trinajstić information content (AvgIpc) is 3.37. The van der Waals surface area contributed by atoms with Crippen LogP contribution >= 0.6 is 0 Å². The number of nitrogens with zero attached hydrogens (tertiary/aromatic N) is 3. The number of carbonyl (C=O) groups excluding carboxylic acids is 4. The van der Waals surface area contributed by atoms with E-state index in [4.69, 9.17) is 9.47 Å². The largest absolute Gasteiger partial charge is 0.465 e. The third-order valence-electron chi connectivity index (χ3n) is 15.3. The summed E-state index contributed by atoms with van der Waals surface area (Å²) in [6.07, 6.45) is 49.6. The van der Waals surface area contributed by atoms with Gasteiger partial charge in [-0.3, -0.25) is 19.2 Å². The second-order valence-electron chi connectivity index (χ2n) is 22.5. The summed E-state index contributed by atoms with van der Waals surface area (Å²) in [5, 5.41) is 0. The Morgan fingerprint density at radius 2 is 0.556 bits per heavy atom. The van der Waals surface area contributed by atoms with Crippen LogP contribution in [0.25, 0.3) is 0 Å². The highest BCUT2D eigenvalue weighted by molar-refractivity contribution is 5.76. The van der Waals surface area contributed by atoms with Gasteiger partial charge in [0.05, 0.1) is 13.2 Å². The van der Waals surface area contributed by atoms with E-state index in [0.29, 0.717) is 50.7 Å². The number of esters is 2. The topological polar surface area (TPSA) is 96.5 Å². The summed E-state index contributed by atoms with van der Waals surface area (Å²) in [7, 11) is 6.08. The van der Waals surface area contributed by atoms with E-state index >= 15 is 0 Å². The van der Waals surface area contributed by atoms with Crippen LogP contribution in [0.1, 0.15) is 310 Å². The minimum atomic E-state index is -0.0501. The quantitative estimate of drug-likeness (QED) is 0.0442. The van der Waals surface area contributed by atoms with Crippen molar-refractivity contribution in [3.63, 3.8) is 0 Å². The van der Waals surface area contributed by atoms with E-state index in [1.807, 2.05) is 23.9 Å². The van der Waals surface area contributed by atoms with Crippen LogP contribution in [0.2, 0.25) is 0 Å². The molecule has 0 aromatic carbocycles. The van der Waals surface area contributed by atoms with Crippen LogP contribution in [0.3, 0.4) is 0 Å². The summed E-state index contributed by atoms with van der Waals surface area (Å²) in [4.78, 5) is 56.7. The van der Waals surface area contributed by atoms with Gasteiger partial charge < -0.3 is 24.2 Å². The van der Waals surface area contributed by atoms with Gasteiger partial charge in [-0.25, -0.2) is 0 Å². The molecule has 0 aliphatic carbocycles. The summed E-state index contributed by atoms with van der Waals surface area (Å²) in [5.74, 6) is 1.40. The van der Waals surface area contributed by atoms with E-state index in [2.05, 4.69) is 39.6 Å². The van der Waals surface area contributed by atoms with Gasteiger partial charge in [0.15, 0.2) is 0 Å². The molecular formula is C63H123N3O6.